The van der Waals surface area contributed by atoms with Gasteiger partial charge in [-0.05, 0) is 64.7 Å². The van der Waals surface area contributed by atoms with Gasteiger partial charge in [-0.1, -0.05) is 24.3 Å². The molecule has 0 heterocycles. The normalized spacial score (nSPS) is 12.5. The smallest absolute Gasteiger partial charge is 0.408 e. The number of ether oxygens (including phenoxy) is 2. The number of rotatable bonds is 14. The molecule has 0 aromatic heterocycles. The fourth-order valence-corrected chi connectivity index (χ4v) is 3.96. The molecule has 0 aliphatic heterocycles. The van der Waals surface area contributed by atoms with E-state index in [1.54, 1.807) is 27.7 Å². The number of hydrogen-bond acceptors (Lipinski definition) is 7. The predicted octanol–water partition coefficient (Wildman–Crippen LogP) is 2.59. The van der Waals surface area contributed by atoms with E-state index in [-0.39, 0.29) is 39.0 Å². The van der Waals surface area contributed by atoms with Crippen molar-refractivity contribution in [3.8, 4) is 0 Å². The van der Waals surface area contributed by atoms with Gasteiger partial charge in [0.25, 0.3) is 0 Å². The third kappa shape index (κ3) is 11.2. The molecule has 0 bridgehead atoms. The Labute approximate surface area is 230 Å². The molecule has 1 aromatic carbocycles. The van der Waals surface area contributed by atoms with Gasteiger partial charge in [0, 0.05) is 19.5 Å². The minimum Gasteiger partial charge on any atom is -0.466 e. The van der Waals surface area contributed by atoms with Crippen molar-refractivity contribution < 1.29 is 33.4 Å². The van der Waals surface area contributed by atoms with Crippen molar-refractivity contribution in [1.29, 1.82) is 0 Å². The Morgan fingerprint density at radius 3 is 2.23 bits per heavy atom. The number of benzene rings is 1. The number of esters is 1. The molecular formula is C28H42N4O7. The Balaban J connectivity index is 3.48. The predicted molar refractivity (Wildman–Crippen MR) is 146 cm³/mol. The van der Waals surface area contributed by atoms with Gasteiger partial charge >= 0.3 is 12.1 Å². The zero-order chi connectivity index (χ0) is 29.8. The van der Waals surface area contributed by atoms with E-state index in [4.69, 9.17) is 15.2 Å². The van der Waals surface area contributed by atoms with Crippen LogP contribution in [0.15, 0.2) is 30.9 Å². The largest absolute Gasteiger partial charge is 0.466 e. The molecule has 0 saturated carbocycles. The molecule has 0 aliphatic carbocycles. The first-order valence-corrected chi connectivity index (χ1v) is 12.9. The molecule has 0 spiro atoms. The van der Waals surface area contributed by atoms with E-state index in [2.05, 4.69) is 17.2 Å². The van der Waals surface area contributed by atoms with Crippen molar-refractivity contribution in [1.82, 2.24) is 15.5 Å². The van der Waals surface area contributed by atoms with Crippen LogP contribution in [0.4, 0.5) is 4.79 Å². The van der Waals surface area contributed by atoms with E-state index < -0.39 is 47.5 Å². The van der Waals surface area contributed by atoms with Crippen LogP contribution in [0, 0.1) is 13.8 Å². The van der Waals surface area contributed by atoms with Crippen LogP contribution < -0.4 is 16.4 Å². The van der Waals surface area contributed by atoms with Gasteiger partial charge in [0.15, 0.2) is 0 Å². The van der Waals surface area contributed by atoms with Gasteiger partial charge in [-0.15, -0.1) is 6.58 Å². The Kier molecular flexibility index (Phi) is 13.2. The Bertz CT molecular complexity index is 1030. The topological polar surface area (TPSA) is 157 Å². The first-order valence-electron chi connectivity index (χ1n) is 12.9. The van der Waals surface area contributed by atoms with Crippen molar-refractivity contribution in [2.75, 3.05) is 19.7 Å². The second-order valence-corrected chi connectivity index (χ2v) is 10.0. The molecule has 0 radical (unpaired) electrons. The number of aryl methyl sites for hydroxylation is 2. The fourth-order valence-electron chi connectivity index (χ4n) is 3.96. The van der Waals surface area contributed by atoms with Crippen molar-refractivity contribution in [3.05, 3.63) is 47.5 Å². The molecule has 2 unspecified atom stereocenters. The van der Waals surface area contributed by atoms with Crippen LogP contribution in [0.2, 0.25) is 0 Å². The van der Waals surface area contributed by atoms with Crippen LogP contribution in [0.5, 0.6) is 0 Å². The monoisotopic (exact) mass is 546 g/mol. The summed E-state index contributed by atoms with van der Waals surface area (Å²) in [6.07, 6.45) is 0.268. The number of nitrogens with one attached hydrogen (secondary N) is 2. The molecule has 216 valence electrons. The summed E-state index contributed by atoms with van der Waals surface area (Å²) in [5.41, 5.74) is 6.60. The van der Waals surface area contributed by atoms with Crippen LogP contribution in [0.3, 0.4) is 0 Å². The number of carbonyl (C=O) groups excluding carboxylic acids is 5. The van der Waals surface area contributed by atoms with Gasteiger partial charge in [-0.3, -0.25) is 19.2 Å². The van der Waals surface area contributed by atoms with Gasteiger partial charge in [0.05, 0.1) is 13.0 Å². The molecule has 0 saturated heterocycles. The lowest BCUT2D eigenvalue weighted by molar-refractivity contribution is -0.144. The summed E-state index contributed by atoms with van der Waals surface area (Å²) in [5.74, 6) is -2.28. The number of primary amides is 1. The van der Waals surface area contributed by atoms with Crippen molar-refractivity contribution >= 4 is 29.8 Å². The molecule has 0 fully saturated rings. The van der Waals surface area contributed by atoms with Gasteiger partial charge in [-0.2, -0.15) is 0 Å². The molecule has 11 heteroatoms. The summed E-state index contributed by atoms with van der Waals surface area (Å²) in [5, 5.41) is 5.25. The summed E-state index contributed by atoms with van der Waals surface area (Å²) in [4.78, 5) is 64.8. The minimum atomic E-state index is -1.22. The van der Waals surface area contributed by atoms with Crippen LogP contribution in [0.1, 0.15) is 69.7 Å². The Morgan fingerprint density at radius 1 is 1.10 bits per heavy atom. The molecule has 11 nitrogen and oxygen atoms in total. The highest BCUT2D eigenvalue weighted by Crippen LogP contribution is 2.29. The fraction of sp³-hybridized carbons (Fsp3) is 0.536. The summed E-state index contributed by atoms with van der Waals surface area (Å²) in [7, 11) is 0. The van der Waals surface area contributed by atoms with Crippen molar-refractivity contribution in [2.45, 2.75) is 78.5 Å². The highest BCUT2D eigenvalue weighted by Gasteiger charge is 2.37. The summed E-state index contributed by atoms with van der Waals surface area (Å²) in [6.45, 7) is 14.3. The van der Waals surface area contributed by atoms with E-state index in [1.165, 1.54) is 11.0 Å². The van der Waals surface area contributed by atoms with Crippen LogP contribution >= 0.6 is 0 Å². The van der Waals surface area contributed by atoms with Gasteiger partial charge < -0.3 is 30.7 Å². The van der Waals surface area contributed by atoms with Gasteiger partial charge in [-0.25, -0.2) is 4.79 Å². The minimum absolute atomic E-state index is 0.00349. The van der Waals surface area contributed by atoms with E-state index >= 15 is 0 Å². The highest BCUT2D eigenvalue weighted by atomic mass is 16.6. The average molecular weight is 547 g/mol. The standard InChI is InChI=1S/C28H42N4O7/c1-8-17-32(26(36)20(13-14-21(29)33)31-27(37)39-28(5,6)7)24(23-18(3)11-10-12-19(23)4)25(35)30-16-15-22(34)38-9-2/h8,10-12,20,24H,1,9,13-17H2,2-7H3,(H2,29,33)(H,30,35)(H,31,37). The average Bonchev–Trinajstić information content (AvgIpc) is 2.81. The van der Waals surface area contributed by atoms with Crippen molar-refractivity contribution in [3.63, 3.8) is 0 Å². The lowest BCUT2D eigenvalue weighted by atomic mass is 9.93. The number of carbonyl (C=O) groups is 5. The highest BCUT2D eigenvalue weighted by molar-refractivity contribution is 5.93. The SMILES string of the molecule is C=CCN(C(=O)C(CCC(N)=O)NC(=O)OC(C)(C)C)C(C(=O)NCCC(=O)OCC)c1c(C)cccc1C. The Hall–Kier alpha value is -3.89. The summed E-state index contributed by atoms with van der Waals surface area (Å²) < 4.78 is 10.2. The molecule has 39 heavy (non-hydrogen) atoms. The zero-order valence-corrected chi connectivity index (χ0v) is 23.8. The molecular weight excluding hydrogens is 504 g/mol. The summed E-state index contributed by atoms with van der Waals surface area (Å²) >= 11 is 0. The van der Waals surface area contributed by atoms with E-state index in [0.717, 1.165) is 11.1 Å². The second-order valence-electron chi connectivity index (χ2n) is 10.0. The third-order valence-corrected chi connectivity index (χ3v) is 5.59. The van der Waals surface area contributed by atoms with Gasteiger partial charge in [0.2, 0.25) is 17.7 Å². The van der Waals surface area contributed by atoms with Crippen LogP contribution in [-0.2, 0) is 28.7 Å². The number of amides is 4. The third-order valence-electron chi connectivity index (χ3n) is 5.59. The Morgan fingerprint density at radius 2 is 1.72 bits per heavy atom. The van der Waals surface area contributed by atoms with E-state index in [0.29, 0.717) is 5.56 Å². The molecule has 0 aliphatic rings. The van der Waals surface area contributed by atoms with E-state index in [1.807, 2.05) is 32.0 Å². The molecule has 1 rings (SSSR count). The molecule has 4 amide bonds. The molecule has 2 atom stereocenters. The number of nitrogens with zero attached hydrogens (tertiary/aromatic N) is 1. The second kappa shape index (κ2) is 15.5. The maximum atomic E-state index is 14.0. The maximum Gasteiger partial charge on any atom is 0.408 e. The number of nitrogens with two attached hydrogens (primary N) is 1. The summed E-state index contributed by atoms with van der Waals surface area (Å²) in [6, 6.07) is 3.13. The van der Waals surface area contributed by atoms with Crippen LogP contribution in [-0.4, -0.2) is 66.0 Å². The van der Waals surface area contributed by atoms with E-state index in [9.17, 15) is 24.0 Å². The number of hydrogen-bond donors (Lipinski definition) is 3. The van der Waals surface area contributed by atoms with Crippen LogP contribution in [0.25, 0.3) is 0 Å². The first kappa shape index (κ1) is 33.1. The molecule has 1 aromatic rings. The first-order chi connectivity index (χ1) is 18.2. The maximum absolute atomic E-state index is 14.0. The lowest BCUT2D eigenvalue weighted by Crippen LogP contribution is -2.53. The quantitative estimate of drug-likeness (QED) is 0.239. The molecule has 4 N–H and O–H groups in total. The number of alkyl carbamates (subject to hydrolysis) is 1. The van der Waals surface area contributed by atoms with Gasteiger partial charge in [0.1, 0.15) is 17.7 Å². The van der Waals surface area contributed by atoms with Crippen molar-refractivity contribution in [2.24, 2.45) is 5.73 Å². The lowest BCUT2D eigenvalue weighted by Gasteiger charge is -2.35. The zero-order valence-electron chi connectivity index (χ0n) is 23.8.